The zero-order chi connectivity index (χ0) is 9.84. The highest BCUT2D eigenvalue weighted by Crippen LogP contribution is 2.15. The second-order valence-corrected chi connectivity index (χ2v) is 3.73. The molecule has 1 heterocycles. The van der Waals surface area contributed by atoms with Crippen molar-refractivity contribution in [1.29, 1.82) is 0 Å². The molecule has 0 aromatic heterocycles. The summed E-state index contributed by atoms with van der Waals surface area (Å²) in [6, 6.07) is 0. The first kappa shape index (κ1) is 10.5. The molecule has 1 saturated heterocycles. The molecular weight excluding hydrogens is 170 g/mol. The average Bonchev–Trinajstić information content (AvgIpc) is 2.03. The summed E-state index contributed by atoms with van der Waals surface area (Å²) in [5.41, 5.74) is 0. The van der Waals surface area contributed by atoms with Gasteiger partial charge in [-0.2, -0.15) is 0 Å². The van der Waals surface area contributed by atoms with Gasteiger partial charge in [-0.3, -0.25) is 4.79 Å². The molecule has 1 aliphatic rings. The first-order valence-corrected chi connectivity index (χ1v) is 4.58. The van der Waals surface area contributed by atoms with Crippen molar-refractivity contribution in [3.63, 3.8) is 0 Å². The third-order valence-electron chi connectivity index (χ3n) is 2.26. The number of carbonyl (C=O) groups is 1. The molecular formula is C9H17NO3. The molecule has 2 unspecified atom stereocenters. The summed E-state index contributed by atoms with van der Waals surface area (Å²) in [5, 5.41) is 9.43. The van der Waals surface area contributed by atoms with E-state index >= 15 is 0 Å². The maximum absolute atomic E-state index is 11.4. The molecule has 1 rings (SSSR count). The van der Waals surface area contributed by atoms with Crippen molar-refractivity contribution < 1.29 is 14.6 Å². The van der Waals surface area contributed by atoms with Gasteiger partial charge in [-0.05, 0) is 12.3 Å². The second-order valence-electron chi connectivity index (χ2n) is 3.73. The third-order valence-corrected chi connectivity index (χ3v) is 2.26. The van der Waals surface area contributed by atoms with Crippen molar-refractivity contribution in [3.8, 4) is 0 Å². The fourth-order valence-corrected chi connectivity index (χ4v) is 1.74. The van der Waals surface area contributed by atoms with E-state index < -0.39 is 0 Å². The van der Waals surface area contributed by atoms with Gasteiger partial charge in [0.2, 0.25) is 5.91 Å². The summed E-state index contributed by atoms with van der Waals surface area (Å²) in [6.07, 6.45) is 0.418. The van der Waals surface area contributed by atoms with Crippen LogP contribution in [0.15, 0.2) is 0 Å². The maximum Gasteiger partial charge on any atom is 0.248 e. The predicted molar refractivity (Wildman–Crippen MR) is 48.2 cm³/mol. The minimum atomic E-state index is -0.371. The molecule has 4 nitrogen and oxygen atoms in total. The SMILES string of the molecule is COCC(=O)N1CC(C)CC(O)C1. The number of ether oxygens (including phenoxy) is 1. The molecule has 0 aromatic rings. The molecule has 0 bridgehead atoms. The molecule has 1 aliphatic heterocycles. The Bertz CT molecular complexity index is 174. The Morgan fingerprint density at radius 3 is 2.85 bits per heavy atom. The molecule has 76 valence electrons. The topological polar surface area (TPSA) is 49.8 Å². The molecule has 1 fully saturated rings. The van der Waals surface area contributed by atoms with Crippen molar-refractivity contribution in [2.45, 2.75) is 19.4 Å². The van der Waals surface area contributed by atoms with Crippen LogP contribution in [0.1, 0.15) is 13.3 Å². The fraction of sp³-hybridized carbons (Fsp3) is 0.889. The Hall–Kier alpha value is -0.610. The van der Waals surface area contributed by atoms with Gasteiger partial charge in [0, 0.05) is 20.2 Å². The van der Waals surface area contributed by atoms with Crippen molar-refractivity contribution in [1.82, 2.24) is 4.90 Å². The normalized spacial score (nSPS) is 29.0. The number of piperidine rings is 1. The van der Waals surface area contributed by atoms with Gasteiger partial charge < -0.3 is 14.7 Å². The van der Waals surface area contributed by atoms with E-state index in [9.17, 15) is 9.90 Å². The number of rotatable bonds is 2. The number of methoxy groups -OCH3 is 1. The monoisotopic (exact) mass is 187 g/mol. The Morgan fingerprint density at radius 2 is 2.31 bits per heavy atom. The highest BCUT2D eigenvalue weighted by atomic mass is 16.5. The summed E-state index contributed by atoms with van der Waals surface area (Å²) in [7, 11) is 1.50. The summed E-state index contributed by atoms with van der Waals surface area (Å²) in [5.74, 6) is 0.345. The average molecular weight is 187 g/mol. The first-order valence-electron chi connectivity index (χ1n) is 4.58. The van der Waals surface area contributed by atoms with Crippen LogP contribution >= 0.6 is 0 Å². The van der Waals surface area contributed by atoms with E-state index in [1.165, 1.54) is 7.11 Å². The van der Waals surface area contributed by atoms with Gasteiger partial charge >= 0.3 is 0 Å². The lowest BCUT2D eigenvalue weighted by molar-refractivity contribution is -0.139. The smallest absolute Gasteiger partial charge is 0.248 e. The molecule has 13 heavy (non-hydrogen) atoms. The maximum atomic E-state index is 11.4. The van der Waals surface area contributed by atoms with Crippen LogP contribution in [0.2, 0.25) is 0 Å². The van der Waals surface area contributed by atoms with E-state index in [2.05, 4.69) is 0 Å². The quantitative estimate of drug-likeness (QED) is 0.654. The van der Waals surface area contributed by atoms with Crippen LogP contribution in [0, 0.1) is 5.92 Å². The molecule has 1 amide bonds. The number of nitrogens with zero attached hydrogens (tertiary/aromatic N) is 1. The van der Waals surface area contributed by atoms with Gasteiger partial charge in [-0.25, -0.2) is 0 Å². The van der Waals surface area contributed by atoms with Crippen LogP contribution < -0.4 is 0 Å². The largest absolute Gasteiger partial charge is 0.391 e. The molecule has 0 aliphatic carbocycles. The number of hydrogen-bond donors (Lipinski definition) is 1. The Labute approximate surface area is 78.5 Å². The van der Waals surface area contributed by atoms with E-state index in [-0.39, 0.29) is 18.6 Å². The van der Waals surface area contributed by atoms with Gasteiger partial charge in [0.25, 0.3) is 0 Å². The molecule has 4 heteroatoms. The number of β-amino-alcohol motifs (C(OH)–C–C–N with tert-alkyl or cyclic N) is 1. The number of aliphatic hydroxyl groups excluding tert-OH is 1. The zero-order valence-electron chi connectivity index (χ0n) is 8.19. The van der Waals surface area contributed by atoms with E-state index in [1.807, 2.05) is 6.92 Å². The van der Waals surface area contributed by atoms with Gasteiger partial charge in [0.05, 0.1) is 6.10 Å². The third kappa shape index (κ3) is 2.97. The summed E-state index contributed by atoms with van der Waals surface area (Å²) < 4.78 is 4.75. The molecule has 1 N–H and O–H groups in total. The first-order chi connectivity index (χ1) is 6.13. The van der Waals surface area contributed by atoms with E-state index in [0.717, 1.165) is 13.0 Å². The van der Waals surface area contributed by atoms with E-state index in [1.54, 1.807) is 4.90 Å². The minimum absolute atomic E-state index is 0.0342. The zero-order valence-corrected chi connectivity index (χ0v) is 8.19. The predicted octanol–water partition coefficient (Wildman–Crippen LogP) is -0.138. The van der Waals surface area contributed by atoms with Gasteiger partial charge in [-0.15, -0.1) is 0 Å². The lowest BCUT2D eigenvalue weighted by atomic mass is 9.98. The van der Waals surface area contributed by atoms with Gasteiger partial charge in [-0.1, -0.05) is 6.92 Å². The number of aliphatic hydroxyl groups is 1. The highest BCUT2D eigenvalue weighted by Gasteiger charge is 2.25. The van der Waals surface area contributed by atoms with Crippen LogP contribution in [0.3, 0.4) is 0 Å². The van der Waals surface area contributed by atoms with Crippen molar-refractivity contribution >= 4 is 5.91 Å². The van der Waals surface area contributed by atoms with E-state index in [0.29, 0.717) is 12.5 Å². The Balaban J connectivity index is 2.45. The van der Waals surface area contributed by atoms with Crippen LogP contribution in [-0.2, 0) is 9.53 Å². The van der Waals surface area contributed by atoms with Crippen LogP contribution in [0.5, 0.6) is 0 Å². The molecule has 0 saturated carbocycles. The number of carbonyl (C=O) groups excluding carboxylic acids is 1. The Kier molecular flexibility index (Phi) is 3.69. The Morgan fingerprint density at radius 1 is 1.62 bits per heavy atom. The van der Waals surface area contributed by atoms with Crippen molar-refractivity contribution in [2.75, 3.05) is 26.8 Å². The number of hydrogen-bond acceptors (Lipinski definition) is 3. The molecule has 2 atom stereocenters. The standard InChI is InChI=1S/C9H17NO3/c1-7-3-8(11)5-10(4-7)9(12)6-13-2/h7-8,11H,3-6H2,1-2H3. The van der Waals surface area contributed by atoms with Gasteiger partial charge in [0.1, 0.15) is 6.61 Å². The second kappa shape index (κ2) is 4.58. The fourth-order valence-electron chi connectivity index (χ4n) is 1.74. The summed E-state index contributed by atoms with van der Waals surface area (Å²) in [4.78, 5) is 13.0. The van der Waals surface area contributed by atoms with Gasteiger partial charge in [0.15, 0.2) is 0 Å². The molecule has 0 spiro atoms. The lowest BCUT2D eigenvalue weighted by Crippen LogP contribution is -2.46. The minimum Gasteiger partial charge on any atom is -0.391 e. The van der Waals surface area contributed by atoms with Crippen molar-refractivity contribution in [2.24, 2.45) is 5.92 Å². The summed E-state index contributed by atoms with van der Waals surface area (Å²) >= 11 is 0. The summed E-state index contributed by atoms with van der Waals surface area (Å²) in [6.45, 7) is 3.33. The van der Waals surface area contributed by atoms with E-state index in [4.69, 9.17) is 4.74 Å². The molecule has 0 aromatic carbocycles. The van der Waals surface area contributed by atoms with Crippen LogP contribution in [-0.4, -0.2) is 48.8 Å². The highest BCUT2D eigenvalue weighted by molar-refractivity contribution is 5.77. The molecule has 0 radical (unpaired) electrons. The number of likely N-dealkylation sites (tertiary alicyclic amines) is 1. The lowest BCUT2D eigenvalue weighted by Gasteiger charge is -2.33. The van der Waals surface area contributed by atoms with Crippen molar-refractivity contribution in [3.05, 3.63) is 0 Å². The van der Waals surface area contributed by atoms with Crippen LogP contribution in [0.4, 0.5) is 0 Å². The van der Waals surface area contributed by atoms with Crippen LogP contribution in [0.25, 0.3) is 0 Å². The number of amides is 1.